The van der Waals surface area contributed by atoms with Crippen LogP contribution < -0.4 is 5.32 Å². The number of carbonyl (C=O) groups excluding carboxylic acids is 3. The molecule has 2 aromatic rings. The molecule has 6 heteroatoms. The van der Waals surface area contributed by atoms with Crippen molar-refractivity contribution < 1.29 is 23.5 Å². The minimum absolute atomic E-state index is 0.135. The van der Waals surface area contributed by atoms with Crippen molar-refractivity contribution in [2.45, 2.75) is 33.8 Å². The third-order valence-electron chi connectivity index (χ3n) is 4.03. The Morgan fingerprint density at radius 2 is 1.72 bits per heavy atom. The molecule has 0 spiro atoms. The molecule has 0 aromatic heterocycles. The van der Waals surface area contributed by atoms with Crippen LogP contribution in [0.2, 0.25) is 0 Å². The van der Waals surface area contributed by atoms with Crippen molar-refractivity contribution in [3.63, 3.8) is 0 Å². The summed E-state index contributed by atoms with van der Waals surface area (Å²) in [5.41, 5.74) is 0.905. The van der Waals surface area contributed by atoms with Gasteiger partial charge in [-0.25, -0.2) is 9.18 Å². The quantitative estimate of drug-likeness (QED) is 0.438. The molecule has 1 amide bonds. The molecule has 0 aliphatic heterocycles. The number of carbonyl (C=O) groups is 3. The summed E-state index contributed by atoms with van der Waals surface area (Å²) in [6, 6.07) is 12.1. The van der Waals surface area contributed by atoms with Crippen LogP contribution in [-0.4, -0.2) is 23.8 Å². The lowest BCUT2D eigenvalue weighted by Crippen LogP contribution is -2.27. The van der Waals surface area contributed by atoms with E-state index in [-0.39, 0.29) is 11.7 Å². The molecule has 1 atom stereocenters. The van der Waals surface area contributed by atoms with Crippen molar-refractivity contribution in [2.75, 3.05) is 5.32 Å². The molecular weight excluding hydrogens is 373 g/mol. The number of benzene rings is 2. The van der Waals surface area contributed by atoms with Crippen molar-refractivity contribution >= 4 is 29.4 Å². The Hall–Kier alpha value is -3.28. The molecule has 0 fully saturated rings. The van der Waals surface area contributed by atoms with Crippen molar-refractivity contribution in [1.82, 2.24) is 0 Å². The molecule has 2 aromatic carbocycles. The van der Waals surface area contributed by atoms with Gasteiger partial charge in [0.05, 0.1) is 0 Å². The van der Waals surface area contributed by atoms with Gasteiger partial charge in [-0.05, 0) is 55.0 Å². The van der Waals surface area contributed by atoms with Crippen LogP contribution in [0.15, 0.2) is 54.6 Å². The molecule has 0 saturated heterocycles. The first-order chi connectivity index (χ1) is 13.6. The number of hydrogen-bond acceptors (Lipinski definition) is 4. The Bertz CT molecular complexity index is 927. The van der Waals surface area contributed by atoms with Crippen LogP contribution in [0.1, 0.15) is 43.6 Å². The van der Waals surface area contributed by atoms with Crippen LogP contribution in [0, 0.1) is 11.2 Å². The van der Waals surface area contributed by atoms with Crippen LogP contribution >= 0.6 is 0 Å². The monoisotopic (exact) mass is 397 g/mol. The third-order valence-corrected chi connectivity index (χ3v) is 4.03. The summed E-state index contributed by atoms with van der Waals surface area (Å²) in [5, 5.41) is 2.77. The molecule has 0 radical (unpaired) electrons. The Labute approximate surface area is 169 Å². The van der Waals surface area contributed by atoms with Crippen LogP contribution in [0.5, 0.6) is 0 Å². The average Bonchev–Trinajstić information content (AvgIpc) is 2.65. The van der Waals surface area contributed by atoms with Crippen molar-refractivity contribution in [2.24, 2.45) is 5.41 Å². The van der Waals surface area contributed by atoms with E-state index in [4.69, 9.17) is 4.74 Å². The highest BCUT2D eigenvalue weighted by Gasteiger charge is 2.22. The zero-order chi connectivity index (χ0) is 21.6. The molecule has 0 aliphatic rings. The molecule has 152 valence electrons. The number of hydrogen-bond donors (Lipinski definition) is 1. The summed E-state index contributed by atoms with van der Waals surface area (Å²) in [6.07, 6.45) is 1.56. The second-order valence-electron chi connectivity index (χ2n) is 7.61. The first kappa shape index (κ1) is 22.0. The van der Waals surface area contributed by atoms with E-state index < -0.39 is 23.3 Å². The predicted molar refractivity (Wildman–Crippen MR) is 110 cm³/mol. The number of nitrogens with one attached hydrogen (secondary N) is 1. The van der Waals surface area contributed by atoms with Crippen molar-refractivity contribution in [3.05, 3.63) is 71.6 Å². The minimum Gasteiger partial charge on any atom is -0.451 e. The highest BCUT2D eigenvalue weighted by atomic mass is 19.1. The van der Waals surface area contributed by atoms with Gasteiger partial charge >= 0.3 is 5.97 Å². The average molecular weight is 397 g/mol. The summed E-state index contributed by atoms with van der Waals surface area (Å²) in [7, 11) is 0. The fourth-order valence-corrected chi connectivity index (χ4v) is 2.31. The zero-order valence-electron chi connectivity index (χ0n) is 16.9. The molecule has 0 heterocycles. The number of Topliss-reactive ketones (excluding diaryl/α,β-unsaturated/α-hetero) is 1. The maximum Gasteiger partial charge on any atom is 0.331 e. The summed E-state index contributed by atoms with van der Waals surface area (Å²) < 4.78 is 18.3. The number of ether oxygens (including phenoxy) is 1. The topological polar surface area (TPSA) is 72.5 Å². The number of esters is 1. The number of amides is 1. The van der Waals surface area contributed by atoms with E-state index in [1.807, 2.05) is 0 Å². The smallest absolute Gasteiger partial charge is 0.331 e. The van der Waals surface area contributed by atoms with Gasteiger partial charge in [-0.2, -0.15) is 0 Å². The fourth-order valence-electron chi connectivity index (χ4n) is 2.31. The van der Waals surface area contributed by atoms with Gasteiger partial charge in [-0.15, -0.1) is 0 Å². The van der Waals surface area contributed by atoms with Gasteiger partial charge < -0.3 is 10.1 Å². The van der Waals surface area contributed by atoms with E-state index >= 15 is 0 Å². The Balaban J connectivity index is 1.95. The van der Waals surface area contributed by atoms with Crippen molar-refractivity contribution in [1.29, 1.82) is 0 Å². The van der Waals surface area contributed by atoms with Gasteiger partial charge in [0.15, 0.2) is 6.10 Å². The molecule has 29 heavy (non-hydrogen) atoms. The summed E-state index contributed by atoms with van der Waals surface area (Å²) in [5.74, 6) is -1.62. The SMILES string of the molecule is C[C@H](OC(=O)/C=C/c1cccc(F)c1)C(=O)c1ccc(NC(=O)C(C)(C)C)cc1. The standard InChI is InChI=1S/C23H24FNO4/c1-15(29-20(26)13-8-16-6-5-7-18(24)14-16)21(27)17-9-11-19(12-10-17)25-22(28)23(2,3)4/h5-15H,1-4H3,(H,25,28)/b13-8+/t15-/m0/s1. The molecule has 0 bridgehead atoms. The second kappa shape index (κ2) is 9.28. The van der Waals surface area contributed by atoms with Crippen LogP contribution in [0.25, 0.3) is 6.08 Å². The van der Waals surface area contributed by atoms with E-state index in [1.54, 1.807) is 51.1 Å². The minimum atomic E-state index is -0.991. The molecular formula is C23H24FNO4. The largest absolute Gasteiger partial charge is 0.451 e. The Kier molecular flexibility index (Phi) is 7.04. The van der Waals surface area contributed by atoms with Crippen LogP contribution in [0.4, 0.5) is 10.1 Å². The molecule has 5 nitrogen and oxygen atoms in total. The van der Waals surface area contributed by atoms with Gasteiger partial charge in [-0.3, -0.25) is 9.59 Å². The number of anilines is 1. The van der Waals surface area contributed by atoms with Gasteiger partial charge in [0.2, 0.25) is 11.7 Å². The predicted octanol–water partition coefficient (Wildman–Crippen LogP) is 4.64. The first-order valence-corrected chi connectivity index (χ1v) is 9.16. The Morgan fingerprint density at radius 3 is 2.31 bits per heavy atom. The van der Waals surface area contributed by atoms with E-state index in [0.29, 0.717) is 16.8 Å². The van der Waals surface area contributed by atoms with E-state index in [1.165, 1.54) is 31.2 Å². The van der Waals surface area contributed by atoms with E-state index in [9.17, 15) is 18.8 Å². The lowest BCUT2D eigenvalue weighted by atomic mass is 9.95. The molecule has 0 aliphatic carbocycles. The van der Waals surface area contributed by atoms with Crippen LogP contribution in [-0.2, 0) is 14.3 Å². The summed E-state index contributed by atoms with van der Waals surface area (Å²) >= 11 is 0. The Morgan fingerprint density at radius 1 is 1.07 bits per heavy atom. The van der Waals surface area contributed by atoms with E-state index in [0.717, 1.165) is 6.08 Å². The van der Waals surface area contributed by atoms with Crippen LogP contribution in [0.3, 0.4) is 0 Å². The van der Waals surface area contributed by atoms with Gasteiger partial charge in [-0.1, -0.05) is 32.9 Å². The number of ketones is 1. The summed E-state index contributed by atoms with van der Waals surface area (Å²) in [4.78, 5) is 36.4. The number of halogens is 1. The van der Waals surface area contributed by atoms with Gasteiger partial charge in [0.25, 0.3) is 0 Å². The number of rotatable bonds is 6. The normalized spacial score (nSPS) is 12.4. The molecule has 1 N–H and O–H groups in total. The van der Waals surface area contributed by atoms with Crippen molar-refractivity contribution in [3.8, 4) is 0 Å². The lowest BCUT2D eigenvalue weighted by molar-refractivity contribution is -0.140. The molecule has 0 saturated carbocycles. The zero-order valence-corrected chi connectivity index (χ0v) is 16.9. The highest BCUT2D eigenvalue weighted by Crippen LogP contribution is 2.18. The highest BCUT2D eigenvalue weighted by molar-refractivity contribution is 6.01. The van der Waals surface area contributed by atoms with Gasteiger partial charge in [0, 0.05) is 22.7 Å². The lowest BCUT2D eigenvalue weighted by Gasteiger charge is -2.18. The molecule has 2 rings (SSSR count). The second-order valence-corrected chi connectivity index (χ2v) is 7.61. The van der Waals surface area contributed by atoms with E-state index in [2.05, 4.69) is 5.32 Å². The fraction of sp³-hybridized carbons (Fsp3) is 0.261. The van der Waals surface area contributed by atoms with Gasteiger partial charge in [0.1, 0.15) is 5.82 Å². The maximum atomic E-state index is 13.1. The third kappa shape index (κ3) is 6.68. The first-order valence-electron chi connectivity index (χ1n) is 9.16. The summed E-state index contributed by atoms with van der Waals surface area (Å²) in [6.45, 7) is 6.89. The maximum absolute atomic E-state index is 13.1. The molecule has 0 unspecified atom stereocenters.